The summed E-state index contributed by atoms with van der Waals surface area (Å²) in [6.07, 6.45) is 3.48. The topological polar surface area (TPSA) is 84.2 Å². The quantitative estimate of drug-likeness (QED) is 0.556. The van der Waals surface area contributed by atoms with Gasteiger partial charge in [-0.1, -0.05) is 26.7 Å². The second-order valence-corrected chi connectivity index (χ2v) is 4.90. The van der Waals surface area contributed by atoms with Gasteiger partial charge in [0.15, 0.2) is 0 Å². The molecule has 0 amide bonds. The molecule has 0 aromatic carbocycles. The first-order chi connectivity index (χ1) is 10.1. The molecule has 7 heteroatoms. The summed E-state index contributed by atoms with van der Waals surface area (Å²) >= 11 is 0. The highest BCUT2D eigenvalue weighted by molar-refractivity contribution is 5.70. The summed E-state index contributed by atoms with van der Waals surface area (Å²) in [7, 11) is 0. The maximum Gasteiger partial charge on any atom is 0.353 e. The molecule has 0 aliphatic heterocycles. The van der Waals surface area contributed by atoms with Crippen LogP contribution < -0.4 is 10.2 Å². The van der Waals surface area contributed by atoms with Crippen LogP contribution in [0.4, 0.5) is 17.3 Å². The number of aromatic nitrogens is 2. The van der Waals surface area contributed by atoms with Gasteiger partial charge in [0.2, 0.25) is 11.6 Å². The molecule has 21 heavy (non-hydrogen) atoms. The minimum atomic E-state index is -0.400. The van der Waals surface area contributed by atoms with Crippen LogP contribution in [0.1, 0.15) is 40.5 Å². The molecule has 0 saturated heterocycles. The maximum absolute atomic E-state index is 11.4. The van der Waals surface area contributed by atoms with Crippen molar-refractivity contribution in [1.29, 1.82) is 0 Å². The van der Waals surface area contributed by atoms with E-state index in [0.29, 0.717) is 24.8 Å². The van der Waals surface area contributed by atoms with E-state index in [1.165, 1.54) is 6.33 Å². The van der Waals surface area contributed by atoms with E-state index >= 15 is 0 Å². The van der Waals surface area contributed by atoms with E-state index in [1.54, 1.807) is 0 Å². The van der Waals surface area contributed by atoms with Crippen molar-refractivity contribution >= 4 is 17.3 Å². The zero-order chi connectivity index (χ0) is 15.8. The van der Waals surface area contributed by atoms with Crippen LogP contribution in [0.15, 0.2) is 6.33 Å². The van der Waals surface area contributed by atoms with Crippen LogP contribution in [0.2, 0.25) is 0 Å². The average molecular weight is 295 g/mol. The van der Waals surface area contributed by atoms with Gasteiger partial charge in [-0.25, -0.2) is 9.97 Å². The molecule has 0 aliphatic carbocycles. The van der Waals surface area contributed by atoms with Gasteiger partial charge in [0.25, 0.3) is 0 Å². The molecule has 0 spiro atoms. The number of anilines is 2. The van der Waals surface area contributed by atoms with E-state index < -0.39 is 4.92 Å². The smallest absolute Gasteiger partial charge is 0.353 e. The Bertz CT molecular complexity index is 463. The van der Waals surface area contributed by atoms with Crippen molar-refractivity contribution in [3.63, 3.8) is 0 Å². The highest BCUT2D eigenvalue weighted by atomic mass is 16.6. The van der Waals surface area contributed by atoms with Crippen LogP contribution in [0, 0.1) is 16.0 Å². The molecule has 118 valence electrons. The first kappa shape index (κ1) is 17.1. The molecule has 7 nitrogen and oxygen atoms in total. The number of nitrogens with zero attached hydrogens (tertiary/aromatic N) is 4. The molecule has 1 N–H and O–H groups in total. The fourth-order valence-electron chi connectivity index (χ4n) is 2.29. The minimum absolute atomic E-state index is 0.0350. The summed E-state index contributed by atoms with van der Waals surface area (Å²) < 4.78 is 0. The predicted molar refractivity (Wildman–Crippen MR) is 84.8 cm³/mol. The fraction of sp³-hybridized carbons (Fsp3) is 0.714. The van der Waals surface area contributed by atoms with Crippen molar-refractivity contribution in [2.75, 3.05) is 29.9 Å². The Labute approximate surface area is 125 Å². The molecule has 0 unspecified atom stereocenters. The molecule has 0 radical (unpaired) electrons. The SMILES string of the molecule is CCNc1ncnc(N(CC)CC(CC)CC)c1[N+](=O)[O-]. The van der Waals surface area contributed by atoms with Crippen LogP contribution in [0.3, 0.4) is 0 Å². The Kier molecular flexibility index (Phi) is 6.84. The summed E-state index contributed by atoms with van der Waals surface area (Å²) in [5.41, 5.74) is -0.0350. The predicted octanol–water partition coefficient (Wildman–Crippen LogP) is 3.08. The monoisotopic (exact) mass is 295 g/mol. The van der Waals surface area contributed by atoms with Crippen LogP contribution in [-0.4, -0.2) is 34.5 Å². The second-order valence-electron chi connectivity index (χ2n) is 4.90. The normalized spacial score (nSPS) is 10.7. The van der Waals surface area contributed by atoms with Gasteiger partial charge >= 0.3 is 5.69 Å². The Morgan fingerprint density at radius 1 is 1.29 bits per heavy atom. The molecule has 1 heterocycles. The molecule has 1 aromatic heterocycles. The van der Waals surface area contributed by atoms with Crippen molar-refractivity contribution in [3.8, 4) is 0 Å². The molecule has 1 aromatic rings. The number of nitro groups is 1. The third kappa shape index (κ3) is 4.27. The lowest BCUT2D eigenvalue weighted by Gasteiger charge is -2.26. The zero-order valence-corrected chi connectivity index (χ0v) is 13.3. The number of rotatable bonds is 9. The Morgan fingerprint density at radius 2 is 1.95 bits per heavy atom. The Hall–Kier alpha value is -1.92. The maximum atomic E-state index is 11.4. The van der Waals surface area contributed by atoms with Crippen molar-refractivity contribution in [3.05, 3.63) is 16.4 Å². The van der Waals surface area contributed by atoms with Crippen LogP contribution >= 0.6 is 0 Å². The van der Waals surface area contributed by atoms with E-state index in [0.717, 1.165) is 19.4 Å². The lowest BCUT2D eigenvalue weighted by molar-refractivity contribution is -0.383. The molecule has 0 fully saturated rings. The van der Waals surface area contributed by atoms with Crippen LogP contribution in [-0.2, 0) is 0 Å². The third-order valence-electron chi connectivity index (χ3n) is 3.64. The molecule has 0 aliphatic rings. The first-order valence-corrected chi connectivity index (χ1v) is 7.57. The summed E-state index contributed by atoms with van der Waals surface area (Å²) in [6.45, 7) is 10.2. The summed E-state index contributed by atoms with van der Waals surface area (Å²) in [4.78, 5) is 21.2. The van der Waals surface area contributed by atoms with Gasteiger partial charge < -0.3 is 10.2 Å². The summed E-state index contributed by atoms with van der Waals surface area (Å²) in [6, 6.07) is 0. The van der Waals surface area contributed by atoms with E-state index in [4.69, 9.17) is 0 Å². The van der Waals surface area contributed by atoms with Crippen molar-refractivity contribution < 1.29 is 4.92 Å². The Balaban J connectivity index is 3.19. The van der Waals surface area contributed by atoms with Crippen LogP contribution in [0.25, 0.3) is 0 Å². The van der Waals surface area contributed by atoms with Gasteiger partial charge in [-0.15, -0.1) is 0 Å². The van der Waals surface area contributed by atoms with E-state index in [2.05, 4.69) is 29.1 Å². The fourth-order valence-corrected chi connectivity index (χ4v) is 2.29. The number of hydrogen-bond acceptors (Lipinski definition) is 6. The summed E-state index contributed by atoms with van der Waals surface area (Å²) in [5.74, 6) is 1.19. The standard InChI is InChI=1S/C14H25N5O2/c1-5-11(6-2)9-18(8-4)14-12(19(20)21)13(15-7-3)16-10-17-14/h10-11H,5-9H2,1-4H3,(H,15,16,17). The minimum Gasteiger partial charge on any atom is -0.364 e. The molecule has 0 bridgehead atoms. The highest BCUT2D eigenvalue weighted by Gasteiger charge is 2.27. The van der Waals surface area contributed by atoms with E-state index in [9.17, 15) is 10.1 Å². The van der Waals surface area contributed by atoms with Crippen LogP contribution in [0.5, 0.6) is 0 Å². The van der Waals surface area contributed by atoms with Gasteiger partial charge in [0.1, 0.15) is 6.33 Å². The van der Waals surface area contributed by atoms with E-state index in [1.807, 2.05) is 18.7 Å². The molecular weight excluding hydrogens is 270 g/mol. The Morgan fingerprint density at radius 3 is 2.43 bits per heavy atom. The van der Waals surface area contributed by atoms with Gasteiger partial charge in [0.05, 0.1) is 4.92 Å². The van der Waals surface area contributed by atoms with Crippen molar-refractivity contribution in [2.24, 2.45) is 5.92 Å². The first-order valence-electron chi connectivity index (χ1n) is 7.57. The van der Waals surface area contributed by atoms with Gasteiger partial charge in [-0.05, 0) is 19.8 Å². The zero-order valence-electron chi connectivity index (χ0n) is 13.3. The third-order valence-corrected chi connectivity index (χ3v) is 3.64. The largest absolute Gasteiger partial charge is 0.364 e. The molecular formula is C14H25N5O2. The second kappa shape index (κ2) is 8.39. The van der Waals surface area contributed by atoms with E-state index in [-0.39, 0.29) is 11.5 Å². The van der Waals surface area contributed by atoms with Gasteiger partial charge in [-0.2, -0.15) is 0 Å². The summed E-state index contributed by atoms with van der Waals surface area (Å²) in [5, 5.41) is 14.4. The van der Waals surface area contributed by atoms with Gasteiger partial charge in [0, 0.05) is 19.6 Å². The number of nitrogens with one attached hydrogen (secondary N) is 1. The average Bonchev–Trinajstić information content (AvgIpc) is 2.48. The van der Waals surface area contributed by atoms with Crippen molar-refractivity contribution in [2.45, 2.75) is 40.5 Å². The molecule has 0 atom stereocenters. The number of hydrogen-bond donors (Lipinski definition) is 1. The lowest BCUT2D eigenvalue weighted by Crippen LogP contribution is -2.30. The molecule has 1 rings (SSSR count). The lowest BCUT2D eigenvalue weighted by atomic mass is 10.0. The molecule has 0 saturated carbocycles. The van der Waals surface area contributed by atoms with Crippen molar-refractivity contribution in [1.82, 2.24) is 9.97 Å². The van der Waals surface area contributed by atoms with Gasteiger partial charge in [-0.3, -0.25) is 10.1 Å². The highest BCUT2D eigenvalue weighted by Crippen LogP contribution is 2.32.